The Morgan fingerprint density at radius 1 is 1.31 bits per heavy atom. The van der Waals surface area contributed by atoms with Crippen LogP contribution in [0.1, 0.15) is 22.6 Å². The van der Waals surface area contributed by atoms with E-state index in [1.807, 2.05) is 30.3 Å². The van der Waals surface area contributed by atoms with Crippen LogP contribution in [-0.2, 0) is 13.5 Å². The SMILES string of the molecule is Cn1nnc(CCC(=O)c2ccccc2)n1. The molecule has 0 radical (unpaired) electrons. The molecule has 0 aliphatic heterocycles. The number of hydrogen-bond acceptors (Lipinski definition) is 4. The summed E-state index contributed by atoms with van der Waals surface area (Å²) in [6, 6.07) is 9.22. The summed E-state index contributed by atoms with van der Waals surface area (Å²) < 4.78 is 0. The van der Waals surface area contributed by atoms with E-state index in [9.17, 15) is 4.79 Å². The Balaban J connectivity index is 1.94. The van der Waals surface area contributed by atoms with Crippen molar-refractivity contribution in [3.05, 3.63) is 41.7 Å². The molecular formula is C11H12N4O. The van der Waals surface area contributed by atoms with Crippen LogP contribution in [0.4, 0.5) is 0 Å². The zero-order valence-corrected chi connectivity index (χ0v) is 9.00. The van der Waals surface area contributed by atoms with Gasteiger partial charge in [-0.2, -0.15) is 4.80 Å². The third kappa shape index (κ3) is 2.50. The molecule has 5 heteroatoms. The number of ketones is 1. The lowest BCUT2D eigenvalue weighted by Crippen LogP contribution is -2.02. The molecule has 0 aliphatic rings. The zero-order valence-electron chi connectivity index (χ0n) is 9.00. The fourth-order valence-corrected chi connectivity index (χ4v) is 1.42. The van der Waals surface area contributed by atoms with E-state index in [0.29, 0.717) is 18.7 Å². The molecule has 0 aliphatic carbocycles. The topological polar surface area (TPSA) is 60.7 Å². The molecule has 2 rings (SSSR count). The highest BCUT2D eigenvalue weighted by atomic mass is 16.1. The largest absolute Gasteiger partial charge is 0.294 e. The van der Waals surface area contributed by atoms with Gasteiger partial charge < -0.3 is 0 Å². The lowest BCUT2D eigenvalue weighted by molar-refractivity contribution is 0.0982. The van der Waals surface area contributed by atoms with Gasteiger partial charge in [0.05, 0.1) is 7.05 Å². The number of nitrogens with zero attached hydrogens (tertiary/aromatic N) is 4. The van der Waals surface area contributed by atoms with E-state index in [2.05, 4.69) is 15.4 Å². The number of carbonyl (C=O) groups is 1. The molecule has 1 aromatic carbocycles. The van der Waals surface area contributed by atoms with E-state index < -0.39 is 0 Å². The van der Waals surface area contributed by atoms with Crippen molar-refractivity contribution in [1.82, 2.24) is 20.2 Å². The van der Waals surface area contributed by atoms with Crippen LogP contribution in [-0.4, -0.2) is 26.0 Å². The van der Waals surface area contributed by atoms with Crippen molar-refractivity contribution in [3.8, 4) is 0 Å². The Hall–Kier alpha value is -2.04. The number of tetrazole rings is 1. The Morgan fingerprint density at radius 3 is 2.69 bits per heavy atom. The van der Waals surface area contributed by atoms with Crippen molar-refractivity contribution in [2.24, 2.45) is 7.05 Å². The van der Waals surface area contributed by atoms with E-state index >= 15 is 0 Å². The molecule has 0 N–H and O–H groups in total. The number of aromatic nitrogens is 4. The molecule has 1 aromatic heterocycles. The minimum atomic E-state index is 0.105. The number of benzene rings is 1. The number of aryl methyl sites for hydroxylation is 2. The second-order valence-electron chi connectivity index (χ2n) is 3.48. The van der Waals surface area contributed by atoms with Gasteiger partial charge in [-0.15, -0.1) is 10.2 Å². The fourth-order valence-electron chi connectivity index (χ4n) is 1.42. The molecule has 5 nitrogen and oxygen atoms in total. The van der Waals surface area contributed by atoms with Crippen molar-refractivity contribution in [2.45, 2.75) is 12.8 Å². The number of carbonyl (C=O) groups excluding carboxylic acids is 1. The van der Waals surface area contributed by atoms with Gasteiger partial charge in [-0.25, -0.2) is 0 Å². The summed E-state index contributed by atoms with van der Waals surface area (Å²) in [5.41, 5.74) is 0.728. The average molecular weight is 216 g/mol. The molecule has 1 heterocycles. The highest BCUT2D eigenvalue weighted by Gasteiger charge is 2.07. The predicted molar refractivity (Wildman–Crippen MR) is 57.9 cm³/mol. The second kappa shape index (κ2) is 4.65. The first kappa shape index (κ1) is 10.5. The maximum atomic E-state index is 11.7. The molecule has 0 spiro atoms. The molecule has 0 bridgehead atoms. The summed E-state index contributed by atoms with van der Waals surface area (Å²) in [4.78, 5) is 13.1. The highest BCUT2D eigenvalue weighted by molar-refractivity contribution is 5.96. The summed E-state index contributed by atoms with van der Waals surface area (Å²) in [5, 5.41) is 11.6. The summed E-state index contributed by atoms with van der Waals surface area (Å²) >= 11 is 0. The van der Waals surface area contributed by atoms with Gasteiger partial charge in [-0.3, -0.25) is 4.79 Å². The Labute approximate surface area is 93.1 Å². The first-order valence-electron chi connectivity index (χ1n) is 5.07. The lowest BCUT2D eigenvalue weighted by Gasteiger charge is -1.97. The van der Waals surface area contributed by atoms with E-state index in [1.54, 1.807) is 7.05 Å². The summed E-state index contributed by atoms with van der Waals surface area (Å²) in [5.74, 6) is 0.708. The number of rotatable bonds is 4. The first-order valence-corrected chi connectivity index (χ1v) is 5.07. The Kier molecular flexibility index (Phi) is 3.05. The minimum absolute atomic E-state index is 0.105. The zero-order chi connectivity index (χ0) is 11.4. The van der Waals surface area contributed by atoms with Crippen molar-refractivity contribution in [2.75, 3.05) is 0 Å². The first-order chi connectivity index (χ1) is 7.75. The van der Waals surface area contributed by atoms with E-state index in [4.69, 9.17) is 0 Å². The third-order valence-corrected chi connectivity index (χ3v) is 2.22. The van der Waals surface area contributed by atoms with E-state index in [0.717, 1.165) is 5.56 Å². The van der Waals surface area contributed by atoms with Gasteiger partial charge in [-0.05, 0) is 5.21 Å². The fraction of sp³-hybridized carbons (Fsp3) is 0.273. The van der Waals surface area contributed by atoms with Crippen molar-refractivity contribution in [3.63, 3.8) is 0 Å². The third-order valence-electron chi connectivity index (χ3n) is 2.22. The molecular weight excluding hydrogens is 204 g/mol. The van der Waals surface area contributed by atoms with Gasteiger partial charge in [0.1, 0.15) is 0 Å². The van der Waals surface area contributed by atoms with E-state index in [-0.39, 0.29) is 5.78 Å². The lowest BCUT2D eigenvalue weighted by atomic mass is 10.1. The summed E-state index contributed by atoms with van der Waals surface area (Å²) in [6.07, 6.45) is 0.942. The van der Waals surface area contributed by atoms with Gasteiger partial charge in [0.15, 0.2) is 11.6 Å². The van der Waals surface area contributed by atoms with Gasteiger partial charge in [-0.1, -0.05) is 30.3 Å². The molecule has 0 saturated heterocycles. The van der Waals surface area contributed by atoms with Gasteiger partial charge in [0, 0.05) is 18.4 Å². The molecule has 82 valence electrons. The van der Waals surface area contributed by atoms with Crippen LogP contribution in [0.25, 0.3) is 0 Å². The van der Waals surface area contributed by atoms with Gasteiger partial charge in [0.25, 0.3) is 0 Å². The Bertz CT molecular complexity index is 478. The molecule has 0 amide bonds. The summed E-state index contributed by atoms with van der Waals surface area (Å²) in [6.45, 7) is 0. The predicted octanol–water partition coefficient (Wildman–Crippen LogP) is 1.03. The van der Waals surface area contributed by atoms with E-state index in [1.165, 1.54) is 4.80 Å². The smallest absolute Gasteiger partial charge is 0.175 e. The monoisotopic (exact) mass is 216 g/mol. The molecule has 2 aromatic rings. The standard InChI is InChI=1S/C11H12N4O/c1-15-13-11(12-14-15)8-7-10(16)9-5-3-2-4-6-9/h2-6H,7-8H2,1H3. The van der Waals surface area contributed by atoms with Crippen molar-refractivity contribution in [1.29, 1.82) is 0 Å². The molecule has 0 atom stereocenters. The maximum absolute atomic E-state index is 11.7. The molecule has 0 unspecified atom stereocenters. The summed E-state index contributed by atoms with van der Waals surface area (Å²) in [7, 11) is 1.70. The molecule has 0 fully saturated rings. The number of Topliss-reactive ketones (excluding diaryl/α,β-unsaturated/α-hetero) is 1. The van der Waals surface area contributed by atoms with Crippen molar-refractivity contribution >= 4 is 5.78 Å². The van der Waals surface area contributed by atoms with Crippen molar-refractivity contribution < 1.29 is 4.79 Å². The molecule has 0 saturated carbocycles. The Morgan fingerprint density at radius 2 is 2.06 bits per heavy atom. The van der Waals surface area contributed by atoms with Gasteiger partial charge >= 0.3 is 0 Å². The molecule has 16 heavy (non-hydrogen) atoms. The maximum Gasteiger partial charge on any atom is 0.175 e. The highest BCUT2D eigenvalue weighted by Crippen LogP contribution is 2.05. The normalized spacial score (nSPS) is 10.3. The van der Waals surface area contributed by atoms with Crippen LogP contribution in [0.5, 0.6) is 0 Å². The van der Waals surface area contributed by atoms with Crippen LogP contribution in [0.3, 0.4) is 0 Å². The van der Waals surface area contributed by atoms with Gasteiger partial charge in [0.2, 0.25) is 0 Å². The average Bonchev–Trinajstić information content (AvgIpc) is 2.73. The quantitative estimate of drug-likeness (QED) is 0.716. The minimum Gasteiger partial charge on any atom is -0.294 e. The van der Waals surface area contributed by atoms with Crippen LogP contribution in [0, 0.1) is 0 Å². The van der Waals surface area contributed by atoms with Crippen LogP contribution in [0.15, 0.2) is 30.3 Å². The second-order valence-corrected chi connectivity index (χ2v) is 3.48. The van der Waals surface area contributed by atoms with Crippen LogP contribution < -0.4 is 0 Å². The van der Waals surface area contributed by atoms with Crippen LogP contribution in [0.2, 0.25) is 0 Å². The van der Waals surface area contributed by atoms with Crippen LogP contribution >= 0.6 is 0 Å². The number of hydrogen-bond donors (Lipinski definition) is 0.